The topological polar surface area (TPSA) is 59.1 Å². The van der Waals surface area contributed by atoms with Gasteiger partial charge in [0.25, 0.3) is 0 Å². The maximum Gasteiger partial charge on any atom is 0.122 e. The van der Waals surface area contributed by atoms with Gasteiger partial charge in [-0.15, -0.1) is 0 Å². The SMILES string of the molecule is Cc1cccc(OC(C)CC(=N)N)c1C. The van der Waals surface area contributed by atoms with E-state index >= 15 is 0 Å². The summed E-state index contributed by atoms with van der Waals surface area (Å²) in [6.07, 6.45) is 0.413. The summed E-state index contributed by atoms with van der Waals surface area (Å²) < 4.78 is 5.72. The van der Waals surface area contributed by atoms with Crippen molar-refractivity contribution < 1.29 is 4.74 Å². The van der Waals surface area contributed by atoms with Gasteiger partial charge in [0.1, 0.15) is 11.9 Å². The predicted octanol–water partition coefficient (Wildman–Crippen LogP) is 2.40. The van der Waals surface area contributed by atoms with Crippen molar-refractivity contribution in [3.8, 4) is 5.75 Å². The third-order valence-electron chi connectivity index (χ3n) is 2.39. The van der Waals surface area contributed by atoms with Crippen LogP contribution < -0.4 is 10.5 Å². The first-order valence-corrected chi connectivity index (χ1v) is 5.06. The minimum absolute atomic E-state index is 0.0528. The summed E-state index contributed by atoms with van der Waals surface area (Å²) in [5, 5.41) is 7.18. The van der Waals surface area contributed by atoms with Crippen LogP contribution in [0.2, 0.25) is 0 Å². The number of amidine groups is 1. The normalized spacial score (nSPS) is 12.2. The molecule has 0 saturated heterocycles. The summed E-state index contributed by atoms with van der Waals surface area (Å²) in [5.74, 6) is 1.04. The molecule has 0 aliphatic rings. The Balaban J connectivity index is 2.72. The number of hydrogen-bond donors (Lipinski definition) is 2. The number of ether oxygens (including phenoxy) is 1. The van der Waals surface area contributed by atoms with Gasteiger partial charge in [-0.2, -0.15) is 0 Å². The first-order chi connectivity index (χ1) is 7.00. The quantitative estimate of drug-likeness (QED) is 0.587. The Morgan fingerprint density at radius 1 is 1.47 bits per heavy atom. The summed E-state index contributed by atoms with van der Waals surface area (Å²) in [4.78, 5) is 0. The highest BCUT2D eigenvalue weighted by atomic mass is 16.5. The van der Waals surface area contributed by atoms with Gasteiger partial charge < -0.3 is 10.5 Å². The second-order valence-corrected chi connectivity index (χ2v) is 3.86. The van der Waals surface area contributed by atoms with Crippen molar-refractivity contribution in [3.63, 3.8) is 0 Å². The standard InChI is InChI=1S/C12H18N2O/c1-8-5-4-6-11(10(8)3)15-9(2)7-12(13)14/h4-6,9H,7H2,1-3H3,(H3,13,14). The molecule has 15 heavy (non-hydrogen) atoms. The van der Waals surface area contributed by atoms with E-state index in [4.69, 9.17) is 15.9 Å². The fourth-order valence-electron chi connectivity index (χ4n) is 1.42. The van der Waals surface area contributed by atoms with Gasteiger partial charge >= 0.3 is 0 Å². The van der Waals surface area contributed by atoms with E-state index < -0.39 is 0 Å². The van der Waals surface area contributed by atoms with Crippen molar-refractivity contribution in [1.82, 2.24) is 0 Å². The Morgan fingerprint density at radius 3 is 2.73 bits per heavy atom. The van der Waals surface area contributed by atoms with Gasteiger partial charge in [0.2, 0.25) is 0 Å². The van der Waals surface area contributed by atoms with Crippen LogP contribution >= 0.6 is 0 Å². The van der Waals surface area contributed by atoms with Gasteiger partial charge in [-0.1, -0.05) is 12.1 Å². The zero-order valence-corrected chi connectivity index (χ0v) is 9.50. The highest BCUT2D eigenvalue weighted by molar-refractivity contribution is 5.77. The van der Waals surface area contributed by atoms with Gasteiger partial charge in [-0.05, 0) is 38.0 Å². The van der Waals surface area contributed by atoms with Crippen LogP contribution in [0.15, 0.2) is 18.2 Å². The highest BCUT2D eigenvalue weighted by Gasteiger charge is 2.08. The zero-order valence-electron chi connectivity index (χ0n) is 9.50. The van der Waals surface area contributed by atoms with Crippen molar-refractivity contribution in [1.29, 1.82) is 5.41 Å². The van der Waals surface area contributed by atoms with Crippen LogP contribution in [0.3, 0.4) is 0 Å². The molecule has 1 atom stereocenters. The second kappa shape index (κ2) is 4.82. The highest BCUT2D eigenvalue weighted by Crippen LogP contribution is 2.22. The van der Waals surface area contributed by atoms with Crippen LogP contribution in [0.5, 0.6) is 5.75 Å². The number of benzene rings is 1. The third-order valence-corrected chi connectivity index (χ3v) is 2.39. The Bertz CT molecular complexity index is 361. The largest absolute Gasteiger partial charge is 0.490 e. The molecule has 0 radical (unpaired) electrons. The van der Waals surface area contributed by atoms with E-state index in [2.05, 4.69) is 13.0 Å². The molecule has 1 unspecified atom stereocenters. The molecule has 3 heteroatoms. The van der Waals surface area contributed by atoms with E-state index in [1.807, 2.05) is 26.0 Å². The molecule has 0 aromatic heterocycles. The molecule has 3 nitrogen and oxygen atoms in total. The van der Waals surface area contributed by atoms with Crippen LogP contribution in [-0.2, 0) is 0 Å². The maximum atomic E-state index is 7.18. The summed E-state index contributed by atoms with van der Waals surface area (Å²) >= 11 is 0. The molecule has 3 N–H and O–H groups in total. The Hall–Kier alpha value is -1.51. The average molecular weight is 206 g/mol. The summed E-state index contributed by atoms with van der Waals surface area (Å²) in [6.45, 7) is 6.01. The van der Waals surface area contributed by atoms with Crippen molar-refractivity contribution >= 4 is 5.84 Å². The molecule has 0 amide bonds. The third kappa shape index (κ3) is 3.27. The monoisotopic (exact) mass is 206 g/mol. The lowest BCUT2D eigenvalue weighted by Crippen LogP contribution is -2.22. The Kier molecular flexibility index (Phi) is 3.72. The molecular weight excluding hydrogens is 188 g/mol. The molecule has 1 rings (SSSR count). The molecular formula is C12H18N2O. The molecule has 0 aliphatic heterocycles. The Morgan fingerprint density at radius 2 is 2.13 bits per heavy atom. The fourth-order valence-corrected chi connectivity index (χ4v) is 1.42. The lowest BCUT2D eigenvalue weighted by molar-refractivity contribution is 0.227. The van der Waals surface area contributed by atoms with E-state index in [9.17, 15) is 0 Å². The van der Waals surface area contributed by atoms with Crippen LogP contribution in [0, 0.1) is 19.3 Å². The predicted molar refractivity (Wildman–Crippen MR) is 62.5 cm³/mol. The molecule has 1 aromatic rings. The number of hydrogen-bond acceptors (Lipinski definition) is 2. The summed E-state index contributed by atoms with van der Waals surface area (Å²) in [6, 6.07) is 5.97. The summed E-state index contributed by atoms with van der Waals surface area (Å²) in [7, 11) is 0. The van der Waals surface area contributed by atoms with Gasteiger partial charge in [-0.3, -0.25) is 5.41 Å². The maximum absolute atomic E-state index is 7.18. The summed E-state index contributed by atoms with van der Waals surface area (Å²) in [5.41, 5.74) is 7.68. The van der Waals surface area contributed by atoms with E-state index in [0.29, 0.717) is 6.42 Å². The van der Waals surface area contributed by atoms with Gasteiger partial charge in [0.15, 0.2) is 0 Å². The number of nitrogens with two attached hydrogens (primary N) is 1. The lowest BCUT2D eigenvalue weighted by Gasteiger charge is -2.16. The number of aryl methyl sites for hydroxylation is 1. The van der Waals surface area contributed by atoms with Crippen LogP contribution in [0.1, 0.15) is 24.5 Å². The van der Waals surface area contributed by atoms with E-state index in [1.165, 1.54) is 5.56 Å². The molecule has 1 aromatic carbocycles. The molecule has 82 valence electrons. The Labute approximate surface area is 90.8 Å². The fraction of sp³-hybridized carbons (Fsp3) is 0.417. The molecule has 0 aliphatic carbocycles. The first-order valence-electron chi connectivity index (χ1n) is 5.06. The first kappa shape index (κ1) is 11.6. The number of nitrogens with one attached hydrogen (secondary N) is 1. The van der Waals surface area contributed by atoms with Crippen molar-refractivity contribution in [3.05, 3.63) is 29.3 Å². The molecule has 0 spiro atoms. The number of rotatable bonds is 4. The molecule has 0 heterocycles. The van der Waals surface area contributed by atoms with Crippen molar-refractivity contribution in [2.75, 3.05) is 0 Å². The van der Waals surface area contributed by atoms with Crippen LogP contribution in [0.4, 0.5) is 0 Å². The average Bonchev–Trinajstić information content (AvgIpc) is 2.11. The van der Waals surface area contributed by atoms with Crippen LogP contribution in [-0.4, -0.2) is 11.9 Å². The van der Waals surface area contributed by atoms with E-state index in [0.717, 1.165) is 11.3 Å². The minimum atomic E-state index is -0.0528. The second-order valence-electron chi connectivity index (χ2n) is 3.86. The van der Waals surface area contributed by atoms with Gasteiger partial charge in [0, 0.05) is 6.42 Å². The smallest absolute Gasteiger partial charge is 0.122 e. The van der Waals surface area contributed by atoms with Crippen molar-refractivity contribution in [2.45, 2.75) is 33.3 Å². The molecule has 0 fully saturated rings. The lowest BCUT2D eigenvalue weighted by atomic mass is 10.1. The van der Waals surface area contributed by atoms with Crippen molar-refractivity contribution in [2.24, 2.45) is 5.73 Å². The van der Waals surface area contributed by atoms with Gasteiger partial charge in [-0.25, -0.2) is 0 Å². The van der Waals surface area contributed by atoms with Gasteiger partial charge in [0.05, 0.1) is 5.84 Å². The minimum Gasteiger partial charge on any atom is -0.490 e. The molecule has 0 saturated carbocycles. The molecule has 0 bridgehead atoms. The van der Waals surface area contributed by atoms with E-state index in [1.54, 1.807) is 0 Å². The zero-order chi connectivity index (χ0) is 11.4. The van der Waals surface area contributed by atoms with E-state index in [-0.39, 0.29) is 11.9 Å². The van der Waals surface area contributed by atoms with Crippen LogP contribution in [0.25, 0.3) is 0 Å².